The Kier molecular flexibility index (Phi) is 4.88. The van der Waals surface area contributed by atoms with Crippen LogP contribution < -0.4 is 5.73 Å². The number of aromatic nitrogens is 4. The minimum atomic E-state index is 0.560. The molecule has 1 aromatic carbocycles. The second-order valence-electron chi connectivity index (χ2n) is 8.07. The third kappa shape index (κ3) is 3.35. The maximum absolute atomic E-state index is 6.40. The fourth-order valence-electron chi connectivity index (χ4n) is 4.71. The number of para-hydroxylation sites is 1. The van der Waals surface area contributed by atoms with Crippen LogP contribution in [0.5, 0.6) is 0 Å². The van der Waals surface area contributed by atoms with Gasteiger partial charge in [0.05, 0.1) is 10.9 Å². The second-order valence-corrected chi connectivity index (χ2v) is 8.07. The average molecular weight is 386 g/mol. The molecule has 4 heterocycles. The van der Waals surface area contributed by atoms with Gasteiger partial charge in [-0.1, -0.05) is 50.3 Å². The van der Waals surface area contributed by atoms with Gasteiger partial charge in [0.15, 0.2) is 0 Å². The third-order valence-electron chi connectivity index (χ3n) is 6.15. The van der Waals surface area contributed by atoms with Crippen molar-refractivity contribution >= 4 is 27.8 Å². The summed E-state index contributed by atoms with van der Waals surface area (Å²) in [5, 5.41) is 2.13. The molecule has 1 aliphatic heterocycles. The summed E-state index contributed by atoms with van der Waals surface area (Å²) < 4.78 is 2.41. The minimum absolute atomic E-state index is 0.560. The lowest BCUT2D eigenvalue weighted by atomic mass is 9.99. The van der Waals surface area contributed by atoms with Crippen LogP contribution in [0.25, 0.3) is 33.1 Å². The molecule has 0 radical (unpaired) electrons. The molecule has 0 bridgehead atoms. The van der Waals surface area contributed by atoms with E-state index >= 15 is 0 Å². The van der Waals surface area contributed by atoms with Crippen LogP contribution in [0.1, 0.15) is 50.6 Å². The van der Waals surface area contributed by atoms with Crippen molar-refractivity contribution in [3.63, 3.8) is 0 Å². The van der Waals surface area contributed by atoms with Gasteiger partial charge in [-0.3, -0.25) is 4.98 Å². The van der Waals surface area contributed by atoms with Crippen LogP contribution in [0, 0.1) is 0 Å². The van der Waals surface area contributed by atoms with E-state index < -0.39 is 0 Å². The zero-order valence-corrected chi connectivity index (χ0v) is 16.8. The summed E-state index contributed by atoms with van der Waals surface area (Å²) in [6, 6.07) is 10.5. The van der Waals surface area contributed by atoms with Crippen LogP contribution in [0.2, 0.25) is 0 Å². The van der Waals surface area contributed by atoms with E-state index in [1.807, 2.05) is 12.3 Å². The fraction of sp³-hybridized carbons (Fsp3) is 0.375. The summed E-state index contributed by atoms with van der Waals surface area (Å²) in [6.45, 7) is 0.989. The molecule has 0 atom stereocenters. The summed E-state index contributed by atoms with van der Waals surface area (Å²) in [7, 11) is 0. The largest absolute Gasteiger partial charge is 0.383 e. The average Bonchev–Trinajstić information content (AvgIpc) is 3.03. The summed E-state index contributed by atoms with van der Waals surface area (Å²) >= 11 is 0. The lowest BCUT2D eigenvalue weighted by Crippen LogP contribution is -2.05. The predicted molar refractivity (Wildman–Crippen MR) is 119 cm³/mol. The molecule has 2 N–H and O–H groups in total. The van der Waals surface area contributed by atoms with E-state index in [2.05, 4.69) is 38.8 Å². The Morgan fingerprint density at radius 1 is 0.862 bits per heavy atom. The van der Waals surface area contributed by atoms with Crippen LogP contribution in [-0.2, 0) is 13.0 Å². The second kappa shape index (κ2) is 7.82. The Labute approximate surface area is 171 Å². The Morgan fingerprint density at radius 3 is 2.55 bits per heavy atom. The number of nitrogen functional groups attached to an aromatic ring is 1. The molecule has 5 rings (SSSR count). The predicted octanol–water partition coefficient (Wildman–Crippen LogP) is 5.52. The zero-order valence-electron chi connectivity index (χ0n) is 16.8. The summed E-state index contributed by atoms with van der Waals surface area (Å²) in [5.74, 6) is 0.560. The molecule has 148 valence electrons. The molecule has 0 fully saturated rings. The Balaban J connectivity index is 1.75. The van der Waals surface area contributed by atoms with Crippen molar-refractivity contribution in [3.8, 4) is 11.1 Å². The Morgan fingerprint density at radius 2 is 1.66 bits per heavy atom. The number of aryl methyl sites for hydroxylation is 1. The maximum atomic E-state index is 6.40. The number of hydrogen-bond acceptors (Lipinski definition) is 4. The van der Waals surface area contributed by atoms with Gasteiger partial charge in [-0.25, -0.2) is 9.97 Å². The van der Waals surface area contributed by atoms with Crippen LogP contribution in [0.15, 0.2) is 42.9 Å². The van der Waals surface area contributed by atoms with E-state index in [0.29, 0.717) is 5.82 Å². The number of nitrogens with zero attached hydrogens (tertiary/aromatic N) is 4. The number of pyridine rings is 1. The smallest absolute Gasteiger partial charge is 0.146 e. The highest BCUT2D eigenvalue weighted by Gasteiger charge is 2.22. The van der Waals surface area contributed by atoms with Gasteiger partial charge in [-0.05, 0) is 31.4 Å². The molecule has 0 unspecified atom stereocenters. The van der Waals surface area contributed by atoms with Crippen molar-refractivity contribution in [2.45, 2.75) is 57.9 Å². The van der Waals surface area contributed by atoms with Gasteiger partial charge in [-0.2, -0.15) is 0 Å². The van der Waals surface area contributed by atoms with E-state index in [-0.39, 0.29) is 0 Å². The van der Waals surface area contributed by atoms with Gasteiger partial charge in [0, 0.05) is 34.9 Å². The first-order chi connectivity index (χ1) is 14.3. The molecule has 0 saturated carbocycles. The molecule has 3 aromatic heterocycles. The van der Waals surface area contributed by atoms with Crippen LogP contribution in [-0.4, -0.2) is 19.5 Å². The number of rotatable bonds is 1. The number of fused-ring (bicyclic) bond motifs is 4. The van der Waals surface area contributed by atoms with Crippen molar-refractivity contribution in [2.75, 3.05) is 5.73 Å². The van der Waals surface area contributed by atoms with Gasteiger partial charge in [0.25, 0.3) is 0 Å². The molecule has 4 aromatic rings. The van der Waals surface area contributed by atoms with Crippen molar-refractivity contribution < 1.29 is 0 Å². The molecule has 0 amide bonds. The van der Waals surface area contributed by atoms with Crippen molar-refractivity contribution in [2.24, 2.45) is 0 Å². The molecule has 29 heavy (non-hydrogen) atoms. The number of nitrogens with two attached hydrogens (primary N) is 1. The first kappa shape index (κ1) is 18.1. The summed E-state index contributed by atoms with van der Waals surface area (Å²) in [4.78, 5) is 13.7. The van der Waals surface area contributed by atoms with Crippen LogP contribution >= 0.6 is 0 Å². The lowest BCUT2D eigenvalue weighted by molar-refractivity contribution is 0.565. The number of hydrogen-bond donors (Lipinski definition) is 1. The van der Waals surface area contributed by atoms with E-state index in [4.69, 9.17) is 10.7 Å². The highest BCUT2D eigenvalue weighted by atomic mass is 15.1. The van der Waals surface area contributed by atoms with Gasteiger partial charge in [-0.15, -0.1) is 0 Å². The van der Waals surface area contributed by atoms with Crippen LogP contribution in [0.4, 0.5) is 5.82 Å². The van der Waals surface area contributed by atoms with E-state index in [0.717, 1.165) is 40.5 Å². The SMILES string of the molecule is Nc1ncnc2c1c(-c1cnc3ccccc3c1)c1n2CCCCCCCCC1. The van der Waals surface area contributed by atoms with Gasteiger partial charge in [0.2, 0.25) is 0 Å². The molecular formula is C24H27N5. The molecule has 0 saturated heterocycles. The lowest BCUT2D eigenvalue weighted by Gasteiger charge is -2.12. The van der Waals surface area contributed by atoms with Gasteiger partial charge >= 0.3 is 0 Å². The number of anilines is 1. The molecular weight excluding hydrogens is 358 g/mol. The molecule has 1 aliphatic rings. The van der Waals surface area contributed by atoms with E-state index in [9.17, 15) is 0 Å². The maximum Gasteiger partial charge on any atom is 0.146 e. The quantitative estimate of drug-likeness (QED) is 0.469. The molecule has 5 nitrogen and oxygen atoms in total. The first-order valence-corrected chi connectivity index (χ1v) is 10.8. The highest BCUT2D eigenvalue weighted by molar-refractivity contribution is 6.03. The van der Waals surface area contributed by atoms with Gasteiger partial charge < -0.3 is 10.3 Å². The number of benzene rings is 1. The summed E-state index contributed by atoms with van der Waals surface area (Å²) in [5.41, 5.74) is 12.0. The molecule has 5 heteroatoms. The van der Waals surface area contributed by atoms with Crippen LogP contribution in [0.3, 0.4) is 0 Å². The molecule has 0 aliphatic carbocycles. The van der Waals surface area contributed by atoms with Crippen molar-refractivity contribution in [1.29, 1.82) is 0 Å². The monoisotopic (exact) mass is 385 g/mol. The molecule has 0 spiro atoms. The summed E-state index contributed by atoms with van der Waals surface area (Å²) in [6.07, 6.45) is 13.5. The van der Waals surface area contributed by atoms with E-state index in [1.54, 1.807) is 6.33 Å². The van der Waals surface area contributed by atoms with Crippen molar-refractivity contribution in [1.82, 2.24) is 19.5 Å². The first-order valence-electron chi connectivity index (χ1n) is 10.8. The van der Waals surface area contributed by atoms with E-state index in [1.165, 1.54) is 56.2 Å². The Hall–Kier alpha value is -2.95. The highest BCUT2D eigenvalue weighted by Crippen LogP contribution is 2.38. The third-order valence-corrected chi connectivity index (χ3v) is 6.15. The Bertz CT molecular complexity index is 1160. The topological polar surface area (TPSA) is 69.6 Å². The normalized spacial score (nSPS) is 15.9. The van der Waals surface area contributed by atoms with Crippen molar-refractivity contribution in [3.05, 3.63) is 48.5 Å². The standard InChI is InChI=1S/C24H27N5/c25-23-22-21(18-14-17-10-7-8-11-19(17)26-15-18)20-12-6-4-2-1-3-5-9-13-29(20)24(22)28-16-27-23/h7-8,10-11,14-16H,1-6,9,12-13H2,(H2,25,27,28). The zero-order chi connectivity index (χ0) is 19.6. The van der Waals surface area contributed by atoms with Gasteiger partial charge in [0.1, 0.15) is 17.8 Å². The fourth-order valence-corrected chi connectivity index (χ4v) is 4.71. The minimum Gasteiger partial charge on any atom is -0.383 e.